The van der Waals surface area contributed by atoms with E-state index in [1.807, 2.05) is 6.07 Å². The number of halogens is 2. The summed E-state index contributed by atoms with van der Waals surface area (Å²) < 4.78 is 14.2. The third-order valence-corrected chi connectivity index (χ3v) is 3.37. The lowest BCUT2D eigenvalue weighted by Gasteiger charge is -2.11. The highest BCUT2D eigenvalue weighted by Gasteiger charge is 2.42. The Morgan fingerprint density at radius 2 is 2.14 bits per heavy atom. The maximum Gasteiger partial charge on any atom is 0.127 e. The molecule has 0 radical (unpaired) electrons. The van der Waals surface area contributed by atoms with Gasteiger partial charge in [-0.3, -0.25) is 0 Å². The topological polar surface area (TPSA) is 20.2 Å². The zero-order valence-electron chi connectivity index (χ0n) is 7.76. The molecule has 1 aliphatic carbocycles. The minimum Gasteiger partial charge on any atom is -0.396 e. The van der Waals surface area contributed by atoms with Crippen molar-refractivity contribution in [3.8, 4) is 0 Å². The van der Waals surface area contributed by atoms with Gasteiger partial charge >= 0.3 is 0 Å². The second-order valence-corrected chi connectivity index (χ2v) is 4.99. The highest BCUT2D eigenvalue weighted by Crippen LogP contribution is 2.48. The molecule has 1 N–H and O–H groups in total. The van der Waals surface area contributed by atoms with Crippen molar-refractivity contribution in [2.24, 2.45) is 5.41 Å². The van der Waals surface area contributed by atoms with Gasteiger partial charge in [0.15, 0.2) is 0 Å². The van der Waals surface area contributed by atoms with E-state index < -0.39 is 0 Å². The molecule has 1 fully saturated rings. The number of hydrogen-bond donors (Lipinski definition) is 1. The lowest BCUT2D eigenvalue weighted by molar-refractivity contribution is 0.210. The summed E-state index contributed by atoms with van der Waals surface area (Å²) in [5, 5.41) is 9.13. The van der Waals surface area contributed by atoms with Crippen molar-refractivity contribution in [3.05, 3.63) is 34.1 Å². The average molecular weight is 259 g/mol. The molecule has 2 rings (SSSR count). The number of hydrogen-bond acceptors (Lipinski definition) is 1. The molecular weight excluding hydrogens is 247 g/mol. The average Bonchev–Trinajstić information content (AvgIpc) is 2.91. The molecule has 0 atom stereocenters. The highest BCUT2D eigenvalue weighted by atomic mass is 79.9. The molecule has 0 heterocycles. The van der Waals surface area contributed by atoms with Crippen LogP contribution in [0.15, 0.2) is 22.7 Å². The van der Waals surface area contributed by atoms with Crippen molar-refractivity contribution in [2.45, 2.75) is 19.3 Å². The lowest BCUT2D eigenvalue weighted by atomic mass is 9.97. The Labute approximate surface area is 91.1 Å². The van der Waals surface area contributed by atoms with E-state index in [2.05, 4.69) is 15.9 Å². The Hall–Kier alpha value is -0.410. The van der Waals surface area contributed by atoms with Crippen LogP contribution in [0.2, 0.25) is 0 Å². The Kier molecular flexibility index (Phi) is 2.62. The van der Waals surface area contributed by atoms with Crippen LogP contribution >= 0.6 is 15.9 Å². The molecule has 76 valence electrons. The molecule has 1 aromatic rings. The van der Waals surface area contributed by atoms with Gasteiger partial charge in [0, 0.05) is 11.1 Å². The van der Waals surface area contributed by atoms with Gasteiger partial charge in [0.05, 0.1) is 0 Å². The number of rotatable bonds is 3. The first kappa shape index (κ1) is 10.1. The standard InChI is InChI=1S/C11H12BrFO/c12-9-2-1-8(10(13)5-9)6-11(7-14)3-4-11/h1-2,5,14H,3-4,6-7H2. The monoisotopic (exact) mass is 258 g/mol. The maximum absolute atomic E-state index is 13.4. The minimum absolute atomic E-state index is 0.0192. The summed E-state index contributed by atoms with van der Waals surface area (Å²) in [6.07, 6.45) is 2.68. The van der Waals surface area contributed by atoms with Crippen LogP contribution in [0.1, 0.15) is 18.4 Å². The van der Waals surface area contributed by atoms with Crippen LogP contribution in [0.3, 0.4) is 0 Å². The van der Waals surface area contributed by atoms with E-state index >= 15 is 0 Å². The molecule has 1 aliphatic rings. The summed E-state index contributed by atoms with van der Waals surface area (Å²) in [6, 6.07) is 5.10. The van der Waals surface area contributed by atoms with Gasteiger partial charge in [-0.05, 0) is 42.4 Å². The van der Waals surface area contributed by atoms with Crippen molar-refractivity contribution >= 4 is 15.9 Å². The van der Waals surface area contributed by atoms with Crippen molar-refractivity contribution < 1.29 is 9.50 Å². The van der Waals surface area contributed by atoms with E-state index in [9.17, 15) is 4.39 Å². The summed E-state index contributed by atoms with van der Waals surface area (Å²) in [7, 11) is 0. The fourth-order valence-electron chi connectivity index (χ4n) is 1.64. The van der Waals surface area contributed by atoms with E-state index in [1.54, 1.807) is 6.07 Å². The van der Waals surface area contributed by atoms with Crippen LogP contribution in [0.25, 0.3) is 0 Å². The van der Waals surface area contributed by atoms with Crippen LogP contribution in [0.4, 0.5) is 4.39 Å². The molecular formula is C11H12BrFO. The van der Waals surface area contributed by atoms with Gasteiger partial charge in [0.1, 0.15) is 5.82 Å². The second-order valence-electron chi connectivity index (χ2n) is 4.07. The normalized spacial score (nSPS) is 18.2. The molecule has 0 bridgehead atoms. The quantitative estimate of drug-likeness (QED) is 0.884. The van der Waals surface area contributed by atoms with E-state index in [0.29, 0.717) is 12.0 Å². The first-order valence-electron chi connectivity index (χ1n) is 4.70. The molecule has 0 aromatic heterocycles. The smallest absolute Gasteiger partial charge is 0.127 e. The second kappa shape index (κ2) is 3.63. The van der Waals surface area contributed by atoms with Gasteiger partial charge in [-0.25, -0.2) is 4.39 Å². The molecule has 0 aliphatic heterocycles. The van der Waals surface area contributed by atoms with E-state index in [4.69, 9.17) is 5.11 Å². The van der Waals surface area contributed by atoms with Crippen molar-refractivity contribution in [2.75, 3.05) is 6.61 Å². The number of aliphatic hydroxyl groups is 1. The van der Waals surface area contributed by atoms with Crippen LogP contribution < -0.4 is 0 Å². The summed E-state index contributed by atoms with van der Waals surface area (Å²) in [5.41, 5.74) is 0.689. The largest absolute Gasteiger partial charge is 0.396 e. The molecule has 1 nitrogen and oxygen atoms in total. The molecule has 0 saturated heterocycles. The van der Waals surface area contributed by atoms with Crippen molar-refractivity contribution in [1.29, 1.82) is 0 Å². The third-order valence-electron chi connectivity index (χ3n) is 2.87. The van der Waals surface area contributed by atoms with Crippen molar-refractivity contribution in [3.63, 3.8) is 0 Å². The third kappa shape index (κ3) is 1.98. The summed E-state index contributed by atoms with van der Waals surface area (Å²) in [5.74, 6) is -0.181. The first-order valence-corrected chi connectivity index (χ1v) is 5.49. The lowest BCUT2D eigenvalue weighted by Crippen LogP contribution is -2.11. The van der Waals surface area contributed by atoms with Gasteiger partial charge in [0.25, 0.3) is 0 Å². The first-order chi connectivity index (χ1) is 6.65. The maximum atomic E-state index is 13.4. The van der Waals surface area contributed by atoms with Crippen LogP contribution in [0, 0.1) is 11.2 Å². The van der Waals surface area contributed by atoms with Gasteiger partial charge in [-0.2, -0.15) is 0 Å². The summed E-state index contributed by atoms with van der Waals surface area (Å²) >= 11 is 3.22. The number of aliphatic hydroxyl groups excluding tert-OH is 1. The SMILES string of the molecule is OCC1(Cc2ccc(Br)cc2F)CC1. The fourth-order valence-corrected chi connectivity index (χ4v) is 1.97. The Morgan fingerprint density at radius 3 is 2.64 bits per heavy atom. The van der Waals surface area contributed by atoms with E-state index in [-0.39, 0.29) is 17.8 Å². The van der Waals surface area contributed by atoms with Crippen molar-refractivity contribution in [1.82, 2.24) is 0 Å². The Bertz CT molecular complexity index is 347. The zero-order valence-corrected chi connectivity index (χ0v) is 9.35. The predicted octanol–water partition coefficient (Wildman–Crippen LogP) is 2.90. The van der Waals surface area contributed by atoms with Crippen LogP contribution in [0.5, 0.6) is 0 Å². The van der Waals surface area contributed by atoms with Gasteiger partial charge in [-0.15, -0.1) is 0 Å². The molecule has 0 unspecified atom stereocenters. The zero-order chi connectivity index (χ0) is 10.2. The number of benzene rings is 1. The Morgan fingerprint density at radius 1 is 1.43 bits per heavy atom. The highest BCUT2D eigenvalue weighted by molar-refractivity contribution is 9.10. The fraction of sp³-hybridized carbons (Fsp3) is 0.455. The summed E-state index contributed by atoms with van der Waals surface area (Å²) in [4.78, 5) is 0. The van der Waals surface area contributed by atoms with Gasteiger partial charge in [0.2, 0.25) is 0 Å². The van der Waals surface area contributed by atoms with Gasteiger partial charge in [-0.1, -0.05) is 22.0 Å². The molecule has 14 heavy (non-hydrogen) atoms. The van der Waals surface area contributed by atoms with Crippen LogP contribution in [-0.4, -0.2) is 11.7 Å². The minimum atomic E-state index is -0.181. The molecule has 1 saturated carbocycles. The van der Waals surface area contributed by atoms with E-state index in [1.165, 1.54) is 6.07 Å². The molecule has 3 heteroatoms. The van der Waals surface area contributed by atoms with Crippen LogP contribution in [-0.2, 0) is 6.42 Å². The van der Waals surface area contributed by atoms with E-state index in [0.717, 1.165) is 17.3 Å². The Balaban J connectivity index is 2.17. The van der Waals surface area contributed by atoms with Gasteiger partial charge < -0.3 is 5.11 Å². The predicted molar refractivity (Wildman–Crippen MR) is 56.6 cm³/mol. The molecule has 0 amide bonds. The molecule has 1 aromatic carbocycles. The molecule has 0 spiro atoms. The summed E-state index contributed by atoms with van der Waals surface area (Å²) in [6.45, 7) is 0.169.